The highest BCUT2D eigenvalue weighted by molar-refractivity contribution is 5.96. The third-order valence-corrected chi connectivity index (χ3v) is 13.1. The minimum absolute atomic E-state index is 0.450. The van der Waals surface area contributed by atoms with E-state index in [0.29, 0.717) is 17.5 Å². The lowest BCUT2D eigenvalue weighted by atomic mass is 9.70. The van der Waals surface area contributed by atoms with E-state index >= 15 is 0 Å². The van der Waals surface area contributed by atoms with Crippen LogP contribution >= 0.6 is 0 Å². The molecule has 0 atom stereocenters. The van der Waals surface area contributed by atoms with Crippen molar-refractivity contribution in [2.75, 3.05) is 0 Å². The van der Waals surface area contributed by atoms with Gasteiger partial charge in [-0.3, -0.25) is 4.98 Å². The van der Waals surface area contributed by atoms with Crippen LogP contribution in [-0.2, 0) is 5.41 Å². The molecule has 0 amide bonds. The van der Waals surface area contributed by atoms with Gasteiger partial charge in [0.15, 0.2) is 17.5 Å². The topological polar surface area (TPSA) is 51.6 Å². The Morgan fingerprint density at radius 3 is 1.27 bits per heavy atom. The van der Waals surface area contributed by atoms with Gasteiger partial charge in [-0.25, -0.2) is 15.0 Å². The van der Waals surface area contributed by atoms with E-state index in [1.807, 2.05) is 18.3 Å². The molecular weight excluding hydrogens is 765 g/mol. The summed E-state index contributed by atoms with van der Waals surface area (Å²) >= 11 is 0. The summed E-state index contributed by atoms with van der Waals surface area (Å²) in [6.07, 6.45) is 1.85. The van der Waals surface area contributed by atoms with Crippen LogP contribution in [0.15, 0.2) is 219 Å². The maximum Gasteiger partial charge on any atom is 0.164 e. The standard InChI is InChI=1S/C59H36N4/c1-3-15-39-31-42(26-24-37(39)13-1)56-61-57(43-27-25-38-14-2-4-16-40(38)32-43)63-58(62-56)46-34-44(33-45(35-46)55-23-11-12-30-60-55)41-28-29-50-49-19-7-10-22-53(49)59(54(50)36-41)51-20-8-5-17-47(51)48-18-6-9-21-52(48)59/h1-36H. The van der Waals surface area contributed by atoms with E-state index in [4.69, 9.17) is 19.9 Å². The molecule has 0 unspecified atom stereocenters. The smallest absolute Gasteiger partial charge is 0.164 e. The minimum Gasteiger partial charge on any atom is -0.256 e. The van der Waals surface area contributed by atoms with Crippen molar-refractivity contribution in [1.29, 1.82) is 0 Å². The van der Waals surface area contributed by atoms with E-state index in [1.54, 1.807) is 0 Å². The van der Waals surface area contributed by atoms with Gasteiger partial charge in [-0.1, -0.05) is 164 Å². The predicted octanol–water partition coefficient (Wildman–Crippen LogP) is 14.3. The van der Waals surface area contributed by atoms with Crippen molar-refractivity contribution in [3.05, 3.63) is 241 Å². The van der Waals surface area contributed by atoms with Crippen LogP contribution in [0.25, 0.3) is 100 Å². The maximum absolute atomic E-state index is 5.29. The lowest BCUT2D eigenvalue weighted by Crippen LogP contribution is -2.25. The Morgan fingerprint density at radius 1 is 0.270 bits per heavy atom. The van der Waals surface area contributed by atoms with Crippen molar-refractivity contribution >= 4 is 21.5 Å². The van der Waals surface area contributed by atoms with Gasteiger partial charge in [0.05, 0.1) is 11.1 Å². The van der Waals surface area contributed by atoms with Crippen molar-refractivity contribution < 1.29 is 0 Å². The predicted molar refractivity (Wildman–Crippen MR) is 256 cm³/mol. The molecule has 11 aromatic rings. The van der Waals surface area contributed by atoms with Gasteiger partial charge < -0.3 is 0 Å². The second-order valence-electron chi connectivity index (χ2n) is 16.6. The van der Waals surface area contributed by atoms with Crippen molar-refractivity contribution in [2.45, 2.75) is 5.41 Å². The molecule has 0 saturated heterocycles. The zero-order valence-corrected chi connectivity index (χ0v) is 34.1. The summed E-state index contributed by atoms with van der Waals surface area (Å²) in [6, 6.07) is 76.3. The summed E-state index contributed by atoms with van der Waals surface area (Å²) in [7, 11) is 0. The highest BCUT2D eigenvalue weighted by Crippen LogP contribution is 2.63. The summed E-state index contributed by atoms with van der Waals surface area (Å²) in [5.74, 6) is 1.84. The molecule has 2 aliphatic carbocycles. The van der Waals surface area contributed by atoms with Crippen LogP contribution in [0.2, 0.25) is 0 Å². The quantitative estimate of drug-likeness (QED) is 0.174. The van der Waals surface area contributed by atoms with Crippen LogP contribution in [-0.4, -0.2) is 19.9 Å². The van der Waals surface area contributed by atoms with Gasteiger partial charge in [0.2, 0.25) is 0 Å². The molecule has 9 aromatic carbocycles. The molecule has 4 heteroatoms. The number of hydrogen-bond acceptors (Lipinski definition) is 4. The zero-order valence-electron chi connectivity index (χ0n) is 34.1. The minimum atomic E-state index is -0.450. The van der Waals surface area contributed by atoms with E-state index < -0.39 is 5.41 Å². The largest absolute Gasteiger partial charge is 0.256 e. The molecule has 0 aliphatic heterocycles. The number of aromatic nitrogens is 4. The SMILES string of the molecule is c1ccc(-c2cc(-c3ccc4c(c3)C3(c5ccccc5-c5ccccc53)c3ccccc3-4)cc(-c3nc(-c4ccc5ccccc5c4)nc(-c4ccc5ccccc5c4)n3)c2)nc1. The van der Waals surface area contributed by atoms with Crippen molar-refractivity contribution in [2.24, 2.45) is 0 Å². The Labute approximate surface area is 364 Å². The first kappa shape index (κ1) is 35.4. The first-order valence-electron chi connectivity index (χ1n) is 21.4. The van der Waals surface area contributed by atoms with Gasteiger partial charge in [0.25, 0.3) is 0 Å². The van der Waals surface area contributed by atoms with Gasteiger partial charge in [-0.2, -0.15) is 0 Å². The number of fused-ring (bicyclic) bond motifs is 12. The molecule has 4 nitrogen and oxygen atoms in total. The van der Waals surface area contributed by atoms with Crippen LogP contribution in [0, 0.1) is 0 Å². The molecule has 2 aliphatic rings. The third kappa shape index (κ3) is 5.48. The second kappa shape index (κ2) is 13.8. The fourth-order valence-electron chi connectivity index (χ4n) is 10.3. The molecule has 0 fully saturated rings. The Morgan fingerprint density at radius 2 is 0.714 bits per heavy atom. The van der Waals surface area contributed by atoms with Gasteiger partial charge >= 0.3 is 0 Å². The van der Waals surface area contributed by atoms with E-state index in [0.717, 1.165) is 49.8 Å². The molecule has 0 bridgehead atoms. The first-order chi connectivity index (χ1) is 31.2. The van der Waals surface area contributed by atoms with Gasteiger partial charge in [0, 0.05) is 28.5 Å². The van der Waals surface area contributed by atoms with Gasteiger partial charge in [-0.15, -0.1) is 0 Å². The Bertz CT molecular complexity index is 3490. The molecular formula is C59H36N4. The molecule has 1 spiro atoms. The maximum atomic E-state index is 5.29. The van der Waals surface area contributed by atoms with E-state index in [9.17, 15) is 0 Å². The fraction of sp³-hybridized carbons (Fsp3) is 0.0169. The molecule has 2 heterocycles. The average Bonchev–Trinajstić information content (AvgIpc) is 3.83. The van der Waals surface area contributed by atoms with Crippen LogP contribution in [0.5, 0.6) is 0 Å². The number of hydrogen-bond donors (Lipinski definition) is 0. The van der Waals surface area contributed by atoms with Crippen molar-refractivity contribution in [1.82, 2.24) is 19.9 Å². The van der Waals surface area contributed by atoms with Gasteiger partial charge in [0.1, 0.15) is 0 Å². The van der Waals surface area contributed by atoms with Gasteiger partial charge in [-0.05, 0) is 126 Å². The molecule has 0 saturated carbocycles. The summed E-state index contributed by atoms with van der Waals surface area (Å²) in [4.78, 5) is 20.6. The number of benzene rings is 9. The van der Waals surface area contributed by atoms with Crippen LogP contribution in [0.4, 0.5) is 0 Å². The lowest BCUT2D eigenvalue weighted by molar-refractivity contribution is 0.794. The summed E-state index contributed by atoms with van der Waals surface area (Å²) in [5.41, 5.74) is 16.7. The summed E-state index contributed by atoms with van der Waals surface area (Å²) < 4.78 is 0. The first-order valence-corrected chi connectivity index (χ1v) is 21.4. The van der Waals surface area contributed by atoms with Crippen LogP contribution < -0.4 is 0 Å². The Balaban J connectivity index is 1.04. The molecule has 292 valence electrons. The van der Waals surface area contributed by atoms with E-state index in [-0.39, 0.29) is 0 Å². The highest BCUT2D eigenvalue weighted by Gasteiger charge is 2.51. The van der Waals surface area contributed by atoms with E-state index in [2.05, 4.69) is 200 Å². The fourth-order valence-corrected chi connectivity index (χ4v) is 10.3. The molecule has 0 radical (unpaired) electrons. The molecule has 2 aromatic heterocycles. The van der Waals surface area contributed by atoms with E-state index in [1.165, 1.54) is 55.3 Å². The Hall–Kier alpha value is -8.34. The zero-order chi connectivity index (χ0) is 41.5. The van der Waals surface area contributed by atoms with Crippen molar-refractivity contribution in [3.8, 4) is 78.8 Å². The monoisotopic (exact) mass is 800 g/mol. The van der Waals surface area contributed by atoms with Crippen molar-refractivity contribution in [3.63, 3.8) is 0 Å². The number of pyridine rings is 1. The third-order valence-electron chi connectivity index (χ3n) is 13.1. The van der Waals surface area contributed by atoms with Crippen LogP contribution in [0.3, 0.4) is 0 Å². The number of nitrogens with zero attached hydrogens (tertiary/aromatic N) is 4. The molecule has 13 rings (SSSR count). The normalized spacial score (nSPS) is 12.9. The highest BCUT2D eigenvalue weighted by atomic mass is 15.0. The Kier molecular flexibility index (Phi) is 7.79. The average molecular weight is 801 g/mol. The second-order valence-corrected chi connectivity index (χ2v) is 16.6. The lowest BCUT2D eigenvalue weighted by Gasteiger charge is -2.30. The summed E-state index contributed by atoms with van der Waals surface area (Å²) in [6.45, 7) is 0. The molecule has 63 heavy (non-hydrogen) atoms. The number of rotatable bonds is 5. The van der Waals surface area contributed by atoms with Crippen LogP contribution in [0.1, 0.15) is 22.3 Å². The molecule has 0 N–H and O–H groups in total. The summed E-state index contributed by atoms with van der Waals surface area (Å²) in [5, 5.41) is 4.60.